The average molecular weight is 244 g/mol. The van der Waals surface area contributed by atoms with Gasteiger partial charge in [-0.15, -0.1) is 0 Å². The molecule has 2 unspecified atom stereocenters. The number of amides is 1. The van der Waals surface area contributed by atoms with Gasteiger partial charge < -0.3 is 20.1 Å². The quantitative estimate of drug-likeness (QED) is 0.689. The Kier molecular flexibility index (Phi) is 6.47. The van der Waals surface area contributed by atoms with Crippen LogP contribution in [0, 0.1) is 0 Å². The standard InChI is InChI=1S/C12H24N2O3/c1-3-11(9-15)13-10(2)8-12(16)14-4-6-17-7-5-14/h10-11,13,15H,3-9H2,1-2H3. The molecular weight excluding hydrogens is 220 g/mol. The molecule has 1 amide bonds. The first kappa shape index (κ1) is 14.4. The molecule has 0 spiro atoms. The molecule has 5 heteroatoms. The number of nitrogens with one attached hydrogen (secondary N) is 1. The summed E-state index contributed by atoms with van der Waals surface area (Å²) in [4.78, 5) is 13.8. The summed E-state index contributed by atoms with van der Waals surface area (Å²) >= 11 is 0. The van der Waals surface area contributed by atoms with E-state index in [-0.39, 0.29) is 24.6 Å². The van der Waals surface area contributed by atoms with Crippen molar-refractivity contribution in [2.24, 2.45) is 0 Å². The van der Waals surface area contributed by atoms with E-state index in [9.17, 15) is 4.79 Å². The molecule has 1 aliphatic heterocycles. The molecule has 2 atom stereocenters. The molecule has 5 nitrogen and oxygen atoms in total. The Bertz CT molecular complexity index is 226. The van der Waals surface area contributed by atoms with E-state index in [4.69, 9.17) is 9.84 Å². The summed E-state index contributed by atoms with van der Waals surface area (Å²) in [5.74, 6) is 0.168. The molecule has 0 aromatic carbocycles. The Morgan fingerprint density at radius 2 is 2.12 bits per heavy atom. The van der Waals surface area contributed by atoms with Crippen LogP contribution in [-0.4, -0.2) is 60.9 Å². The minimum Gasteiger partial charge on any atom is -0.395 e. The highest BCUT2D eigenvalue weighted by molar-refractivity contribution is 5.76. The van der Waals surface area contributed by atoms with Gasteiger partial charge in [0.25, 0.3) is 0 Å². The van der Waals surface area contributed by atoms with Crippen LogP contribution >= 0.6 is 0 Å². The molecule has 0 saturated carbocycles. The van der Waals surface area contributed by atoms with Crippen LogP contribution in [-0.2, 0) is 9.53 Å². The van der Waals surface area contributed by atoms with E-state index < -0.39 is 0 Å². The SMILES string of the molecule is CCC(CO)NC(C)CC(=O)N1CCOCC1. The number of aliphatic hydroxyl groups excluding tert-OH is 1. The molecule has 1 saturated heterocycles. The van der Waals surface area contributed by atoms with Crippen molar-refractivity contribution in [2.75, 3.05) is 32.9 Å². The van der Waals surface area contributed by atoms with Crippen molar-refractivity contribution in [1.29, 1.82) is 0 Å². The number of aliphatic hydroxyl groups is 1. The average Bonchev–Trinajstić information content (AvgIpc) is 2.37. The van der Waals surface area contributed by atoms with Gasteiger partial charge in [-0.2, -0.15) is 0 Å². The number of hydrogen-bond acceptors (Lipinski definition) is 4. The first-order chi connectivity index (χ1) is 8.17. The van der Waals surface area contributed by atoms with E-state index in [1.54, 1.807) is 0 Å². The zero-order chi connectivity index (χ0) is 12.7. The number of ether oxygens (including phenoxy) is 1. The van der Waals surface area contributed by atoms with Gasteiger partial charge in [0, 0.05) is 31.6 Å². The number of rotatable bonds is 6. The summed E-state index contributed by atoms with van der Waals surface area (Å²) in [6.07, 6.45) is 1.35. The first-order valence-electron chi connectivity index (χ1n) is 6.39. The number of carbonyl (C=O) groups excluding carboxylic acids is 1. The number of carbonyl (C=O) groups is 1. The molecule has 1 rings (SSSR count). The molecule has 1 aliphatic rings. The Hall–Kier alpha value is -0.650. The maximum absolute atomic E-state index is 11.9. The van der Waals surface area contributed by atoms with Crippen molar-refractivity contribution >= 4 is 5.91 Å². The van der Waals surface area contributed by atoms with Crippen LogP contribution in [0.5, 0.6) is 0 Å². The van der Waals surface area contributed by atoms with Gasteiger partial charge in [0.15, 0.2) is 0 Å². The van der Waals surface area contributed by atoms with Crippen molar-refractivity contribution in [1.82, 2.24) is 10.2 Å². The van der Waals surface area contributed by atoms with Crippen molar-refractivity contribution in [3.8, 4) is 0 Å². The third-order valence-electron chi connectivity index (χ3n) is 3.08. The van der Waals surface area contributed by atoms with Gasteiger partial charge in [0.1, 0.15) is 0 Å². The van der Waals surface area contributed by atoms with Gasteiger partial charge in [-0.3, -0.25) is 4.79 Å². The highest BCUT2D eigenvalue weighted by atomic mass is 16.5. The van der Waals surface area contributed by atoms with Crippen LogP contribution in [0.3, 0.4) is 0 Å². The fraction of sp³-hybridized carbons (Fsp3) is 0.917. The molecule has 17 heavy (non-hydrogen) atoms. The van der Waals surface area contributed by atoms with Crippen LogP contribution in [0.4, 0.5) is 0 Å². The normalized spacial score (nSPS) is 20.1. The third-order valence-corrected chi connectivity index (χ3v) is 3.08. The maximum Gasteiger partial charge on any atom is 0.224 e. The smallest absolute Gasteiger partial charge is 0.224 e. The van der Waals surface area contributed by atoms with Crippen molar-refractivity contribution in [3.63, 3.8) is 0 Å². The summed E-state index contributed by atoms with van der Waals surface area (Å²) in [5, 5.41) is 12.3. The second kappa shape index (κ2) is 7.63. The fourth-order valence-electron chi connectivity index (χ4n) is 1.96. The zero-order valence-corrected chi connectivity index (χ0v) is 10.8. The summed E-state index contributed by atoms with van der Waals surface area (Å²) in [7, 11) is 0. The number of morpholine rings is 1. The minimum atomic E-state index is 0.0856. The van der Waals surface area contributed by atoms with Gasteiger partial charge in [-0.1, -0.05) is 6.92 Å². The highest BCUT2D eigenvalue weighted by Gasteiger charge is 2.19. The Balaban J connectivity index is 2.29. The molecule has 0 bridgehead atoms. The number of nitrogens with zero attached hydrogens (tertiary/aromatic N) is 1. The summed E-state index contributed by atoms with van der Waals surface area (Å²) < 4.78 is 5.21. The van der Waals surface area contributed by atoms with E-state index in [2.05, 4.69) is 5.32 Å². The lowest BCUT2D eigenvalue weighted by Crippen LogP contribution is -2.45. The molecule has 1 fully saturated rings. The lowest BCUT2D eigenvalue weighted by molar-refractivity contribution is -0.135. The second-order valence-electron chi connectivity index (χ2n) is 4.55. The topological polar surface area (TPSA) is 61.8 Å². The van der Waals surface area contributed by atoms with Crippen LogP contribution in [0.2, 0.25) is 0 Å². The van der Waals surface area contributed by atoms with E-state index in [1.807, 2.05) is 18.7 Å². The first-order valence-corrected chi connectivity index (χ1v) is 6.39. The molecular formula is C12H24N2O3. The largest absolute Gasteiger partial charge is 0.395 e. The summed E-state index contributed by atoms with van der Waals surface area (Å²) in [6, 6.07) is 0.185. The van der Waals surface area contributed by atoms with Crippen LogP contribution in [0.15, 0.2) is 0 Å². The lowest BCUT2D eigenvalue weighted by Gasteiger charge is -2.28. The van der Waals surface area contributed by atoms with Crippen LogP contribution in [0.25, 0.3) is 0 Å². The molecule has 100 valence electrons. The van der Waals surface area contributed by atoms with E-state index >= 15 is 0 Å². The monoisotopic (exact) mass is 244 g/mol. The second-order valence-corrected chi connectivity index (χ2v) is 4.55. The highest BCUT2D eigenvalue weighted by Crippen LogP contribution is 2.04. The molecule has 0 aromatic rings. The van der Waals surface area contributed by atoms with E-state index in [0.717, 1.165) is 6.42 Å². The molecule has 0 aliphatic carbocycles. The summed E-state index contributed by atoms with van der Waals surface area (Å²) in [5.41, 5.74) is 0. The van der Waals surface area contributed by atoms with Crippen molar-refractivity contribution in [2.45, 2.75) is 38.8 Å². The Morgan fingerprint density at radius 1 is 1.47 bits per heavy atom. The van der Waals surface area contributed by atoms with Crippen LogP contribution in [0.1, 0.15) is 26.7 Å². The minimum absolute atomic E-state index is 0.0856. The predicted molar refractivity (Wildman–Crippen MR) is 65.8 cm³/mol. The third kappa shape index (κ3) is 5.02. The predicted octanol–water partition coefficient (Wildman–Crippen LogP) is -0.0157. The molecule has 1 heterocycles. The molecule has 0 aromatic heterocycles. The van der Waals surface area contributed by atoms with Gasteiger partial charge >= 0.3 is 0 Å². The summed E-state index contributed by atoms with van der Waals surface area (Å²) in [6.45, 7) is 6.79. The maximum atomic E-state index is 11.9. The van der Waals surface area contributed by atoms with Gasteiger partial charge in [0.05, 0.1) is 19.8 Å². The Labute approximate surface area is 103 Å². The Morgan fingerprint density at radius 3 is 2.65 bits per heavy atom. The molecule has 2 N–H and O–H groups in total. The van der Waals surface area contributed by atoms with Crippen molar-refractivity contribution in [3.05, 3.63) is 0 Å². The van der Waals surface area contributed by atoms with Gasteiger partial charge in [0.2, 0.25) is 5.91 Å². The van der Waals surface area contributed by atoms with Crippen molar-refractivity contribution < 1.29 is 14.6 Å². The number of hydrogen-bond donors (Lipinski definition) is 2. The van der Waals surface area contributed by atoms with Gasteiger partial charge in [-0.05, 0) is 13.3 Å². The zero-order valence-electron chi connectivity index (χ0n) is 10.8. The van der Waals surface area contributed by atoms with E-state index in [1.165, 1.54) is 0 Å². The lowest BCUT2D eigenvalue weighted by atomic mass is 10.1. The molecule has 0 radical (unpaired) electrons. The van der Waals surface area contributed by atoms with Crippen LogP contribution < -0.4 is 5.32 Å². The van der Waals surface area contributed by atoms with E-state index in [0.29, 0.717) is 32.7 Å². The van der Waals surface area contributed by atoms with Gasteiger partial charge in [-0.25, -0.2) is 0 Å². The fourth-order valence-corrected chi connectivity index (χ4v) is 1.96.